The van der Waals surface area contributed by atoms with E-state index in [0.29, 0.717) is 5.56 Å². The molecule has 0 bridgehead atoms. The summed E-state index contributed by atoms with van der Waals surface area (Å²) in [7, 11) is 0. The maximum Gasteiger partial charge on any atom is 0.251 e. The number of hydrogen-bond donors (Lipinski definition) is 2. The number of primary amides is 1. The second kappa shape index (κ2) is 5.45. The zero-order valence-electron chi connectivity index (χ0n) is 8.46. The quantitative estimate of drug-likeness (QED) is 0.873. The molecule has 0 unspecified atom stereocenters. The van der Waals surface area contributed by atoms with E-state index >= 15 is 0 Å². The van der Waals surface area contributed by atoms with Gasteiger partial charge in [-0.1, -0.05) is 31.9 Å². The second-order valence-corrected chi connectivity index (χ2v) is 5.09. The van der Waals surface area contributed by atoms with Crippen LogP contribution in [0.5, 0.6) is 0 Å². The number of rotatable bonds is 3. The predicted octanol–water partition coefficient (Wildman–Crippen LogP) is 1.82. The molecular formula is C10H10Br2N2O2. The number of benzene rings is 1. The SMILES string of the molecule is C[C@H](NC(=O)c1cc(Br)cc(Br)c1)C(N)=O. The Kier molecular flexibility index (Phi) is 4.49. The summed E-state index contributed by atoms with van der Waals surface area (Å²) >= 11 is 6.55. The standard InChI is InChI=1S/C10H10Br2N2O2/c1-5(9(13)15)14-10(16)6-2-7(11)4-8(12)3-6/h2-5H,1H3,(H2,13,15)(H,14,16)/t5-/m0/s1. The maximum atomic E-state index is 11.7. The van der Waals surface area contributed by atoms with Gasteiger partial charge in [-0.15, -0.1) is 0 Å². The summed E-state index contributed by atoms with van der Waals surface area (Å²) in [4.78, 5) is 22.5. The van der Waals surface area contributed by atoms with Gasteiger partial charge in [-0.05, 0) is 25.1 Å². The van der Waals surface area contributed by atoms with Gasteiger partial charge in [0.15, 0.2) is 0 Å². The number of carbonyl (C=O) groups is 2. The van der Waals surface area contributed by atoms with E-state index < -0.39 is 11.9 Å². The summed E-state index contributed by atoms with van der Waals surface area (Å²) in [6.07, 6.45) is 0. The van der Waals surface area contributed by atoms with Gasteiger partial charge in [-0.3, -0.25) is 9.59 Å². The Morgan fingerprint density at radius 2 is 1.75 bits per heavy atom. The van der Waals surface area contributed by atoms with Crippen molar-refractivity contribution in [2.24, 2.45) is 5.73 Å². The van der Waals surface area contributed by atoms with Crippen LogP contribution in [0.25, 0.3) is 0 Å². The largest absolute Gasteiger partial charge is 0.368 e. The Labute approximate surface area is 110 Å². The van der Waals surface area contributed by atoms with Crippen molar-refractivity contribution in [3.63, 3.8) is 0 Å². The van der Waals surface area contributed by atoms with Crippen LogP contribution >= 0.6 is 31.9 Å². The first-order chi connectivity index (χ1) is 7.40. The minimum atomic E-state index is -0.690. The average molecular weight is 350 g/mol. The molecule has 0 aliphatic carbocycles. The van der Waals surface area contributed by atoms with Gasteiger partial charge in [0.1, 0.15) is 6.04 Å². The number of nitrogens with one attached hydrogen (secondary N) is 1. The van der Waals surface area contributed by atoms with Crippen LogP contribution in [0.4, 0.5) is 0 Å². The summed E-state index contributed by atoms with van der Waals surface area (Å²) in [6.45, 7) is 1.53. The van der Waals surface area contributed by atoms with E-state index in [0.717, 1.165) is 8.95 Å². The molecule has 16 heavy (non-hydrogen) atoms. The Morgan fingerprint density at radius 3 is 2.19 bits per heavy atom. The molecule has 0 saturated carbocycles. The van der Waals surface area contributed by atoms with Gasteiger partial charge in [-0.2, -0.15) is 0 Å². The van der Waals surface area contributed by atoms with Crippen molar-refractivity contribution in [3.05, 3.63) is 32.7 Å². The lowest BCUT2D eigenvalue weighted by Crippen LogP contribution is -2.42. The van der Waals surface area contributed by atoms with Crippen LogP contribution in [0.1, 0.15) is 17.3 Å². The Morgan fingerprint density at radius 1 is 1.25 bits per heavy atom. The highest BCUT2D eigenvalue weighted by Gasteiger charge is 2.14. The van der Waals surface area contributed by atoms with E-state index in [4.69, 9.17) is 5.73 Å². The number of carbonyl (C=O) groups excluding carboxylic acids is 2. The molecule has 0 saturated heterocycles. The molecule has 1 aromatic carbocycles. The minimum absolute atomic E-state index is 0.340. The van der Waals surface area contributed by atoms with Crippen molar-refractivity contribution in [1.29, 1.82) is 0 Å². The highest BCUT2D eigenvalue weighted by atomic mass is 79.9. The van der Waals surface area contributed by atoms with Gasteiger partial charge < -0.3 is 11.1 Å². The molecule has 4 nitrogen and oxygen atoms in total. The highest BCUT2D eigenvalue weighted by Crippen LogP contribution is 2.20. The van der Waals surface area contributed by atoms with Crippen molar-refractivity contribution in [1.82, 2.24) is 5.32 Å². The highest BCUT2D eigenvalue weighted by molar-refractivity contribution is 9.11. The van der Waals surface area contributed by atoms with Crippen molar-refractivity contribution >= 4 is 43.7 Å². The second-order valence-electron chi connectivity index (χ2n) is 3.26. The lowest BCUT2D eigenvalue weighted by Gasteiger charge is -2.10. The van der Waals surface area contributed by atoms with Crippen LogP contribution in [-0.4, -0.2) is 17.9 Å². The topological polar surface area (TPSA) is 72.2 Å². The number of hydrogen-bond acceptors (Lipinski definition) is 2. The minimum Gasteiger partial charge on any atom is -0.368 e. The molecule has 2 amide bonds. The fraction of sp³-hybridized carbons (Fsp3) is 0.200. The zero-order valence-corrected chi connectivity index (χ0v) is 11.6. The molecule has 1 atom stereocenters. The van der Waals surface area contributed by atoms with Crippen molar-refractivity contribution in [2.45, 2.75) is 13.0 Å². The summed E-state index contributed by atoms with van der Waals surface area (Å²) in [6, 6.07) is 4.45. The molecule has 0 aliphatic heterocycles. The third-order valence-electron chi connectivity index (χ3n) is 1.90. The Balaban J connectivity index is 2.84. The summed E-state index contributed by atoms with van der Waals surface area (Å²) in [5.74, 6) is -0.907. The van der Waals surface area contributed by atoms with Crippen LogP contribution < -0.4 is 11.1 Å². The summed E-state index contributed by atoms with van der Waals surface area (Å²) in [5, 5.41) is 2.49. The first kappa shape index (κ1) is 13.2. The summed E-state index contributed by atoms with van der Waals surface area (Å²) in [5.41, 5.74) is 5.50. The smallest absolute Gasteiger partial charge is 0.251 e. The monoisotopic (exact) mass is 348 g/mol. The molecule has 0 aliphatic rings. The van der Waals surface area contributed by atoms with Gasteiger partial charge in [0.05, 0.1) is 0 Å². The molecule has 0 fully saturated rings. The lowest BCUT2D eigenvalue weighted by molar-refractivity contribution is -0.119. The molecule has 6 heteroatoms. The average Bonchev–Trinajstić information content (AvgIpc) is 2.15. The summed E-state index contributed by atoms with van der Waals surface area (Å²) < 4.78 is 1.55. The fourth-order valence-corrected chi connectivity index (χ4v) is 2.33. The van der Waals surface area contributed by atoms with E-state index in [9.17, 15) is 9.59 Å². The third-order valence-corrected chi connectivity index (χ3v) is 2.81. The normalized spacial score (nSPS) is 11.9. The third kappa shape index (κ3) is 3.61. The van der Waals surface area contributed by atoms with Crippen molar-refractivity contribution < 1.29 is 9.59 Å². The fourth-order valence-electron chi connectivity index (χ4n) is 1.04. The lowest BCUT2D eigenvalue weighted by atomic mass is 10.2. The van der Waals surface area contributed by atoms with Crippen LogP contribution in [-0.2, 0) is 4.79 Å². The van der Waals surface area contributed by atoms with Gasteiger partial charge in [-0.25, -0.2) is 0 Å². The number of amides is 2. The van der Waals surface area contributed by atoms with Gasteiger partial charge in [0.2, 0.25) is 5.91 Å². The van der Waals surface area contributed by atoms with Gasteiger partial charge >= 0.3 is 0 Å². The molecule has 1 aromatic rings. The van der Waals surface area contributed by atoms with Gasteiger partial charge in [0, 0.05) is 14.5 Å². The van der Waals surface area contributed by atoms with Crippen LogP contribution in [0.2, 0.25) is 0 Å². The molecule has 1 rings (SSSR count). The Hall–Kier alpha value is -0.880. The number of nitrogens with two attached hydrogens (primary N) is 1. The number of halogens is 2. The van der Waals surface area contributed by atoms with Crippen molar-refractivity contribution in [3.8, 4) is 0 Å². The van der Waals surface area contributed by atoms with E-state index in [2.05, 4.69) is 37.2 Å². The molecule has 0 spiro atoms. The molecular weight excluding hydrogens is 340 g/mol. The van der Waals surface area contributed by atoms with Gasteiger partial charge in [0.25, 0.3) is 5.91 Å². The van der Waals surface area contributed by atoms with Crippen LogP contribution in [0, 0.1) is 0 Å². The predicted molar refractivity (Wildman–Crippen MR) is 68.0 cm³/mol. The first-order valence-electron chi connectivity index (χ1n) is 4.46. The van der Waals surface area contributed by atoms with E-state index in [1.165, 1.54) is 6.92 Å². The molecule has 0 heterocycles. The Bertz CT molecular complexity index is 415. The zero-order chi connectivity index (χ0) is 12.3. The molecule has 0 radical (unpaired) electrons. The van der Waals surface area contributed by atoms with E-state index in [-0.39, 0.29) is 5.91 Å². The molecule has 0 aromatic heterocycles. The van der Waals surface area contributed by atoms with Crippen LogP contribution in [0.3, 0.4) is 0 Å². The van der Waals surface area contributed by atoms with Crippen LogP contribution in [0.15, 0.2) is 27.1 Å². The molecule has 3 N–H and O–H groups in total. The first-order valence-corrected chi connectivity index (χ1v) is 6.05. The molecule has 86 valence electrons. The van der Waals surface area contributed by atoms with Crippen molar-refractivity contribution in [2.75, 3.05) is 0 Å². The van der Waals surface area contributed by atoms with E-state index in [1.807, 2.05) is 6.07 Å². The van der Waals surface area contributed by atoms with E-state index in [1.54, 1.807) is 12.1 Å². The maximum absolute atomic E-state index is 11.7.